The van der Waals surface area contributed by atoms with Crippen molar-refractivity contribution in [2.24, 2.45) is 0 Å². The molecule has 1 atom stereocenters. The summed E-state index contributed by atoms with van der Waals surface area (Å²) in [5.41, 5.74) is 1.03. The van der Waals surface area contributed by atoms with Crippen molar-refractivity contribution >= 4 is 40.9 Å². The number of carbonyl (C=O) groups is 1. The molecule has 0 aromatic heterocycles. The van der Waals surface area contributed by atoms with E-state index in [1.165, 1.54) is 0 Å². The summed E-state index contributed by atoms with van der Waals surface area (Å²) in [5, 5.41) is 4.16. The molecule has 2 aromatic carbocycles. The maximum atomic E-state index is 12.1. The van der Waals surface area contributed by atoms with Crippen molar-refractivity contribution in [2.75, 3.05) is 19.4 Å². The van der Waals surface area contributed by atoms with Crippen LogP contribution < -0.4 is 14.8 Å². The maximum Gasteiger partial charge on any atom is 0.260 e. The van der Waals surface area contributed by atoms with Gasteiger partial charge >= 0.3 is 0 Å². The number of carbonyl (C=O) groups excluding carboxylic acids is 1. The lowest BCUT2D eigenvalue weighted by Crippen LogP contribution is -2.37. The second kappa shape index (κ2) is 10.6. The van der Waals surface area contributed by atoms with Crippen LogP contribution >= 0.6 is 35.0 Å². The Bertz CT molecular complexity index is 742. The highest BCUT2D eigenvalue weighted by atomic mass is 35.5. The van der Waals surface area contributed by atoms with Crippen LogP contribution in [0.25, 0.3) is 0 Å². The van der Waals surface area contributed by atoms with Gasteiger partial charge in [-0.2, -0.15) is 11.8 Å². The number of rotatable bonds is 9. The standard InChI is InChI=1S/C19H21Cl2NO3S/c1-13(25-17-5-3-4-16(11-17)24-2)19(23)22-8-9-26-12-14-6-7-15(20)10-18(14)21/h3-7,10-11,13H,8-9,12H2,1-2H3,(H,22,23)/t13-/m0/s1. The Labute approximate surface area is 168 Å². The summed E-state index contributed by atoms with van der Waals surface area (Å²) in [7, 11) is 1.59. The number of methoxy groups -OCH3 is 1. The topological polar surface area (TPSA) is 47.6 Å². The molecule has 0 aliphatic carbocycles. The van der Waals surface area contributed by atoms with Gasteiger partial charge in [-0.1, -0.05) is 35.3 Å². The van der Waals surface area contributed by atoms with Gasteiger partial charge in [0.05, 0.1) is 7.11 Å². The van der Waals surface area contributed by atoms with E-state index in [-0.39, 0.29) is 5.91 Å². The van der Waals surface area contributed by atoms with Gasteiger partial charge in [0.15, 0.2) is 6.10 Å². The summed E-state index contributed by atoms with van der Waals surface area (Å²) in [6.45, 7) is 2.27. The lowest BCUT2D eigenvalue weighted by Gasteiger charge is -2.15. The van der Waals surface area contributed by atoms with Crippen molar-refractivity contribution in [3.63, 3.8) is 0 Å². The van der Waals surface area contributed by atoms with Crippen LogP contribution in [0.4, 0.5) is 0 Å². The number of hydrogen-bond acceptors (Lipinski definition) is 4. The second-order valence-corrected chi connectivity index (χ2v) is 7.47. The Morgan fingerprint density at radius 1 is 1.19 bits per heavy atom. The molecule has 0 heterocycles. The summed E-state index contributed by atoms with van der Waals surface area (Å²) in [4.78, 5) is 12.1. The minimum atomic E-state index is -0.585. The van der Waals surface area contributed by atoms with Gasteiger partial charge in [0.2, 0.25) is 0 Å². The Balaban J connectivity index is 1.69. The van der Waals surface area contributed by atoms with E-state index in [1.54, 1.807) is 44.0 Å². The Morgan fingerprint density at radius 2 is 1.96 bits per heavy atom. The van der Waals surface area contributed by atoms with E-state index in [0.717, 1.165) is 17.1 Å². The summed E-state index contributed by atoms with van der Waals surface area (Å²) in [6, 6.07) is 12.6. The van der Waals surface area contributed by atoms with E-state index in [0.29, 0.717) is 28.1 Å². The summed E-state index contributed by atoms with van der Waals surface area (Å²) < 4.78 is 10.8. The van der Waals surface area contributed by atoms with Crippen LogP contribution in [0.15, 0.2) is 42.5 Å². The molecule has 0 bridgehead atoms. The molecule has 7 heteroatoms. The van der Waals surface area contributed by atoms with E-state index < -0.39 is 6.10 Å². The van der Waals surface area contributed by atoms with Crippen LogP contribution in [0.1, 0.15) is 12.5 Å². The minimum absolute atomic E-state index is 0.155. The highest BCUT2D eigenvalue weighted by Gasteiger charge is 2.14. The van der Waals surface area contributed by atoms with Gasteiger partial charge in [-0.3, -0.25) is 4.79 Å². The zero-order valence-corrected chi connectivity index (χ0v) is 17.0. The molecule has 0 fully saturated rings. The fourth-order valence-electron chi connectivity index (χ4n) is 2.14. The molecule has 0 radical (unpaired) electrons. The van der Waals surface area contributed by atoms with E-state index in [2.05, 4.69) is 5.32 Å². The molecule has 0 unspecified atom stereocenters. The molecule has 0 saturated carbocycles. The Morgan fingerprint density at radius 3 is 2.69 bits per heavy atom. The zero-order chi connectivity index (χ0) is 18.9. The molecule has 1 amide bonds. The Hall–Kier alpha value is -1.56. The van der Waals surface area contributed by atoms with Crippen LogP contribution in [0.3, 0.4) is 0 Å². The molecule has 1 N–H and O–H groups in total. The highest BCUT2D eigenvalue weighted by molar-refractivity contribution is 7.98. The first-order chi connectivity index (χ1) is 12.5. The van der Waals surface area contributed by atoms with Gasteiger partial charge < -0.3 is 14.8 Å². The van der Waals surface area contributed by atoms with Gasteiger partial charge in [-0.25, -0.2) is 0 Å². The molecule has 4 nitrogen and oxygen atoms in total. The number of ether oxygens (including phenoxy) is 2. The molecule has 0 spiro atoms. The molecule has 26 heavy (non-hydrogen) atoms. The average molecular weight is 414 g/mol. The fourth-order valence-corrected chi connectivity index (χ4v) is 3.56. The van der Waals surface area contributed by atoms with Crippen molar-refractivity contribution in [3.8, 4) is 11.5 Å². The van der Waals surface area contributed by atoms with Gasteiger partial charge in [0.25, 0.3) is 5.91 Å². The SMILES string of the molecule is COc1cccc(O[C@@H](C)C(=O)NCCSCc2ccc(Cl)cc2Cl)c1. The lowest BCUT2D eigenvalue weighted by molar-refractivity contribution is -0.127. The molecular weight excluding hydrogens is 393 g/mol. The van der Waals surface area contributed by atoms with E-state index >= 15 is 0 Å². The third-order valence-electron chi connectivity index (χ3n) is 3.54. The lowest BCUT2D eigenvalue weighted by atomic mass is 10.2. The molecule has 0 saturated heterocycles. The number of amides is 1. The molecule has 2 rings (SSSR count). The number of benzene rings is 2. The predicted molar refractivity (Wildman–Crippen MR) is 109 cm³/mol. The van der Waals surface area contributed by atoms with Crippen LogP contribution in [-0.4, -0.2) is 31.4 Å². The van der Waals surface area contributed by atoms with Gasteiger partial charge in [0, 0.05) is 34.2 Å². The molecule has 0 aliphatic rings. The van der Waals surface area contributed by atoms with Crippen molar-refractivity contribution < 1.29 is 14.3 Å². The zero-order valence-electron chi connectivity index (χ0n) is 14.6. The van der Waals surface area contributed by atoms with E-state index in [4.69, 9.17) is 32.7 Å². The largest absolute Gasteiger partial charge is 0.497 e. The quantitative estimate of drug-likeness (QED) is 0.598. The van der Waals surface area contributed by atoms with Crippen LogP contribution in [0.5, 0.6) is 11.5 Å². The van der Waals surface area contributed by atoms with Gasteiger partial charge in [-0.05, 0) is 36.8 Å². The van der Waals surface area contributed by atoms with Gasteiger partial charge in [-0.15, -0.1) is 0 Å². The van der Waals surface area contributed by atoms with Crippen LogP contribution in [0, 0.1) is 0 Å². The summed E-state index contributed by atoms with van der Waals surface area (Å²) in [5.74, 6) is 2.67. The van der Waals surface area contributed by atoms with Crippen LogP contribution in [0.2, 0.25) is 10.0 Å². The minimum Gasteiger partial charge on any atom is -0.497 e. The average Bonchev–Trinajstić information content (AvgIpc) is 2.63. The number of hydrogen-bond donors (Lipinski definition) is 1. The maximum absolute atomic E-state index is 12.1. The normalized spacial score (nSPS) is 11.7. The first-order valence-electron chi connectivity index (χ1n) is 8.09. The number of nitrogens with one attached hydrogen (secondary N) is 1. The van der Waals surface area contributed by atoms with Crippen LogP contribution in [-0.2, 0) is 10.5 Å². The second-order valence-electron chi connectivity index (χ2n) is 5.52. The molecule has 140 valence electrons. The number of halogens is 2. The van der Waals surface area contributed by atoms with Crippen molar-refractivity contribution in [1.29, 1.82) is 0 Å². The summed E-state index contributed by atoms with van der Waals surface area (Å²) >= 11 is 13.7. The third kappa shape index (κ3) is 6.63. The monoisotopic (exact) mass is 413 g/mol. The predicted octanol–water partition coefficient (Wildman–Crippen LogP) is 4.82. The van der Waals surface area contributed by atoms with Gasteiger partial charge in [0.1, 0.15) is 11.5 Å². The van der Waals surface area contributed by atoms with Crippen molar-refractivity contribution in [3.05, 3.63) is 58.1 Å². The first kappa shape index (κ1) is 20.7. The summed E-state index contributed by atoms with van der Waals surface area (Å²) in [6.07, 6.45) is -0.585. The third-order valence-corrected chi connectivity index (χ3v) is 5.14. The molecular formula is C19H21Cl2NO3S. The fraction of sp³-hybridized carbons (Fsp3) is 0.316. The van der Waals surface area contributed by atoms with E-state index in [1.807, 2.05) is 24.3 Å². The number of thioether (sulfide) groups is 1. The highest BCUT2D eigenvalue weighted by Crippen LogP contribution is 2.24. The Kier molecular flexibility index (Phi) is 8.42. The molecule has 2 aromatic rings. The van der Waals surface area contributed by atoms with Crippen molar-refractivity contribution in [1.82, 2.24) is 5.32 Å². The molecule has 0 aliphatic heterocycles. The first-order valence-corrected chi connectivity index (χ1v) is 10.0. The smallest absolute Gasteiger partial charge is 0.260 e. The van der Waals surface area contributed by atoms with E-state index in [9.17, 15) is 4.79 Å². The van der Waals surface area contributed by atoms with Crippen molar-refractivity contribution in [2.45, 2.75) is 18.8 Å².